The monoisotopic (exact) mass is 579 g/mol. The molecule has 0 aromatic heterocycles. The van der Waals surface area contributed by atoms with Crippen molar-refractivity contribution in [1.82, 2.24) is 5.32 Å². The van der Waals surface area contributed by atoms with Gasteiger partial charge >= 0.3 is 6.09 Å². The van der Waals surface area contributed by atoms with Crippen LogP contribution in [0.15, 0.2) is 48.5 Å². The van der Waals surface area contributed by atoms with Gasteiger partial charge in [-0.1, -0.05) is 48.5 Å². The molecule has 0 unspecified atom stereocenters. The molecule has 2 aromatic rings. The average molecular weight is 580 g/mol. The van der Waals surface area contributed by atoms with Crippen LogP contribution in [0.1, 0.15) is 23.5 Å². The summed E-state index contributed by atoms with van der Waals surface area (Å²) in [6, 6.07) is 16.6. The van der Waals surface area contributed by atoms with Crippen molar-refractivity contribution in [2.24, 2.45) is 0 Å². The molecule has 2 aromatic carbocycles. The van der Waals surface area contributed by atoms with E-state index in [2.05, 4.69) is 29.6 Å². The van der Waals surface area contributed by atoms with Crippen LogP contribution >= 0.6 is 11.6 Å². The molecule has 40 heavy (non-hydrogen) atoms. The lowest BCUT2D eigenvalue weighted by Gasteiger charge is -2.14. The van der Waals surface area contributed by atoms with E-state index in [4.69, 9.17) is 44.8 Å². The second kappa shape index (κ2) is 20.6. The maximum atomic E-state index is 12.2. The zero-order valence-corrected chi connectivity index (χ0v) is 23.9. The largest absolute Gasteiger partial charge is 0.449 e. The van der Waals surface area contributed by atoms with Crippen molar-refractivity contribution < 1.29 is 38.0 Å². The van der Waals surface area contributed by atoms with Crippen molar-refractivity contribution in [1.29, 1.82) is 0 Å². The van der Waals surface area contributed by atoms with E-state index >= 15 is 0 Å². The van der Waals surface area contributed by atoms with Crippen LogP contribution in [0.5, 0.6) is 0 Å². The Balaban J connectivity index is 1.07. The van der Waals surface area contributed by atoms with E-state index in [9.17, 15) is 4.79 Å². The van der Waals surface area contributed by atoms with Crippen molar-refractivity contribution >= 4 is 17.7 Å². The molecular weight excluding hydrogens is 538 g/mol. The maximum Gasteiger partial charge on any atom is 0.407 e. The van der Waals surface area contributed by atoms with Crippen LogP contribution in [0.3, 0.4) is 0 Å². The first kappa shape index (κ1) is 32.3. The third-order valence-electron chi connectivity index (χ3n) is 6.16. The molecule has 0 saturated heterocycles. The molecule has 0 radical (unpaired) electrons. The number of ether oxygens (including phenoxy) is 7. The summed E-state index contributed by atoms with van der Waals surface area (Å²) in [7, 11) is 0. The number of carbonyl (C=O) groups is 1. The Labute approximate surface area is 242 Å². The van der Waals surface area contributed by atoms with Gasteiger partial charge in [0.2, 0.25) is 0 Å². The molecule has 0 aliphatic heterocycles. The highest BCUT2D eigenvalue weighted by molar-refractivity contribution is 6.17. The highest BCUT2D eigenvalue weighted by atomic mass is 35.5. The van der Waals surface area contributed by atoms with Crippen molar-refractivity contribution in [2.75, 3.05) is 98.3 Å². The standard InChI is InChI=1S/C30H42ClNO8/c31-10-13-35-15-17-37-19-21-39-23-22-38-20-18-36-16-14-34-12-5-11-32-30(33)40-24-29-27-8-3-1-6-25(27)26-7-2-4-9-28(26)29/h1-4,6-9,29H,5,10-24H2,(H,32,33). The third kappa shape index (κ3) is 12.1. The molecule has 9 nitrogen and oxygen atoms in total. The lowest BCUT2D eigenvalue weighted by atomic mass is 9.98. The van der Waals surface area contributed by atoms with Gasteiger partial charge < -0.3 is 38.5 Å². The Kier molecular flexibility index (Phi) is 16.6. The topological polar surface area (TPSA) is 93.7 Å². The van der Waals surface area contributed by atoms with E-state index in [-0.39, 0.29) is 5.92 Å². The Morgan fingerprint density at radius 2 is 1.05 bits per heavy atom. The molecule has 10 heteroatoms. The fraction of sp³-hybridized carbons (Fsp3) is 0.567. The van der Waals surface area contributed by atoms with E-state index < -0.39 is 6.09 Å². The smallest absolute Gasteiger partial charge is 0.407 e. The molecule has 1 N–H and O–H groups in total. The number of halogens is 1. The van der Waals surface area contributed by atoms with E-state index in [1.165, 1.54) is 22.3 Å². The van der Waals surface area contributed by atoms with E-state index in [1.54, 1.807) is 0 Å². The number of alkyl carbamates (subject to hydrolysis) is 1. The number of carbonyl (C=O) groups excluding carboxylic acids is 1. The summed E-state index contributed by atoms with van der Waals surface area (Å²) >= 11 is 5.51. The van der Waals surface area contributed by atoms with Crippen LogP contribution in [-0.4, -0.2) is 104 Å². The average Bonchev–Trinajstić information content (AvgIpc) is 3.30. The lowest BCUT2D eigenvalue weighted by Crippen LogP contribution is -2.27. The number of rotatable bonds is 23. The molecule has 0 spiro atoms. The van der Waals surface area contributed by atoms with E-state index in [0.29, 0.717) is 105 Å². The minimum Gasteiger partial charge on any atom is -0.449 e. The Hall–Kier alpha value is -2.24. The van der Waals surface area contributed by atoms with Gasteiger partial charge in [0.25, 0.3) is 0 Å². The van der Waals surface area contributed by atoms with E-state index in [0.717, 1.165) is 0 Å². The molecular formula is C30H42ClNO8. The van der Waals surface area contributed by atoms with Crippen LogP contribution in [0.25, 0.3) is 11.1 Å². The summed E-state index contributed by atoms with van der Waals surface area (Å²) in [5, 5.41) is 2.80. The summed E-state index contributed by atoms with van der Waals surface area (Å²) in [6.45, 7) is 7.01. The second-order valence-electron chi connectivity index (χ2n) is 8.97. The summed E-state index contributed by atoms with van der Waals surface area (Å²) in [6.07, 6.45) is 0.285. The van der Waals surface area contributed by atoms with Gasteiger partial charge in [0.15, 0.2) is 0 Å². The maximum absolute atomic E-state index is 12.2. The third-order valence-corrected chi connectivity index (χ3v) is 6.31. The quantitative estimate of drug-likeness (QED) is 0.154. The van der Waals surface area contributed by atoms with Crippen molar-refractivity contribution in [3.05, 3.63) is 59.7 Å². The van der Waals surface area contributed by atoms with Crippen molar-refractivity contribution in [3.8, 4) is 11.1 Å². The second-order valence-corrected chi connectivity index (χ2v) is 9.35. The van der Waals surface area contributed by atoms with Gasteiger partial charge in [-0.05, 0) is 28.7 Å². The van der Waals surface area contributed by atoms with Crippen LogP contribution < -0.4 is 5.32 Å². The Morgan fingerprint density at radius 1 is 0.625 bits per heavy atom. The van der Waals surface area contributed by atoms with E-state index in [1.807, 2.05) is 24.3 Å². The highest BCUT2D eigenvalue weighted by Crippen LogP contribution is 2.44. The molecule has 0 saturated carbocycles. The lowest BCUT2D eigenvalue weighted by molar-refractivity contribution is -0.0161. The van der Waals surface area contributed by atoms with Crippen LogP contribution in [-0.2, 0) is 33.2 Å². The first-order chi connectivity index (χ1) is 19.8. The molecule has 1 aliphatic carbocycles. The predicted octanol–water partition coefficient (Wildman–Crippen LogP) is 4.25. The van der Waals surface area contributed by atoms with Gasteiger partial charge in [0.1, 0.15) is 6.61 Å². The zero-order valence-electron chi connectivity index (χ0n) is 23.2. The predicted molar refractivity (Wildman–Crippen MR) is 153 cm³/mol. The first-order valence-electron chi connectivity index (χ1n) is 13.9. The normalized spacial score (nSPS) is 12.3. The van der Waals surface area contributed by atoms with Gasteiger partial charge in [-0.25, -0.2) is 4.79 Å². The molecule has 0 bridgehead atoms. The fourth-order valence-corrected chi connectivity index (χ4v) is 4.38. The van der Waals surface area contributed by atoms with Gasteiger partial charge in [-0.15, -0.1) is 11.6 Å². The van der Waals surface area contributed by atoms with Crippen molar-refractivity contribution in [3.63, 3.8) is 0 Å². The van der Waals surface area contributed by atoms with Crippen molar-refractivity contribution in [2.45, 2.75) is 12.3 Å². The Bertz CT molecular complexity index is 917. The van der Waals surface area contributed by atoms with Crippen LogP contribution in [0.2, 0.25) is 0 Å². The van der Waals surface area contributed by atoms with Gasteiger partial charge in [-0.3, -0.25) is 0 Å². The minimum absolute atomic E-state index is 0.0585. The SMILES string of the molecule is O=C(NCCCOCCOCCOCCOCCOCCOCCCl)OCC1c2ccccc2-c2ccccc21. The number of hydrogen-bond donors (Lipinski definition) is 1. The molecule has 1 aliphatic rings. The molecule has 222 valence electrons. The number of hydrogen-bond acceptors (Lipinski definition) is 8. The summed E-state index contributed by atoms with van der Waals surface area (Å²) in [5.41, 5.74) is 4.83. The zero-order chi connectivity index (χ0) is 28.1. The molecule has 1 amide bonds. The van der Waals surface area contributed by atoms with Gasteiger partial charge in [-0.2, -0.15) is 0 Å². The molecule has 3 rings (SSSR count). The summed E-state index contributed by atoms with van der Waals surface area (Å²) in [4.78, 5) is 12.2. The van der Waals surface area contributed by atoms with Crippen LogP contribution in [0, 0.1) is 0 Å². The summed E-state index contributed by atoms with van der Waals surface area (Å²) in [5.74, 6) is 0.553. The summed E-state index contributed by atoms with van der Waals surface area (Å²) < 4.78 is 38.0. The first-order valence-corrected chi connectivity index (χ1v) is 14.5. The molecule has 0 heterocycles. The fourth-order valence-electron chi connectivity index (χ4n) is 4.27. The number of alkyl halides is 1. The number of amides is 1. The van der Waals surface area contributed by atoms with Gasteiger partial charge in [0.05, 0.1) is 72.7 Å². The molecule has 0 fully saturated rings. The minimum atomic E-state index is -0.409. The molecule has 0 atom stereocenters. The van der Waals surface area contributed by atoms with Crippen LogP contribution in [0.4, 0.5) is 4.79 Å². The Morgan fingerprint density at radius 3 is 1.52 bits per heavy atom. The highest BCUT2D eigenvalue weighted by Gasteiger charge is 2.28. The number of fused-ring (bicyclic) bond motifs is 3. The number of benzene rings is 2. The number of nitrogens with one attached hydrogen (secondary N) is 1. The van der Waals surface area contributed by atoms with Gasteiger partial charge in [0, 0.05) is 24.9 Å².